The molecule has 1 aliphatic rings. The number of amides is 1. The quantitative estimate of drug-likeness (QED) is 0.666. The molecule has 13 heavy (non-hydrogen) atoms. The number of carbonyl (C=O) groups is 1. The number of likely N-dealkylation sites (tertiary alicyclic amines) is 1. The third-order valence-corrected chi connectivity index (χ3v) is 1.99. The molecule has 1 unspecified atom stereocenters. The molecule has 0 bridgehead atoms. The molecule has 76 valence electrons. The van der Waals surface area contributed by atoms with E-state index < -0.39 is 0 Å². The molecule has 1 heterocycles. The molecule has 0 aromatic heterocycles. The van der Waals surface area contributed by atoms with Gasteiger partial charge in [-0.25, -0.2) is 4.79 Å². The highest BCUT2D eigenvalue weighted by Crippen LogP contribution is 2.11. The molecule has 0 spiro atoms. The van der Waals surface area contributed by atoms with Gasteiger partial charge in [0.25, 0.3) is 0 Å². The number of hydrogen-bond donors (Lipinski definition) is 1. The van der Waals surface area contributed by atoms with Crippen LogP contribution in [-0.2, 0) is 4.74 Å². The lowest BCUT2D eigenvalue weighted by Crippen LogP contribution is -2.43. The average molecular weight is 187 g/mol. The van der Waals surface area contributed by atoms with Crippen LogP contribution in [0.15, 0.2) is 0 Å². The first-order chi connectivity index (χ1) is 6.09. The van der Waals surface area contributed by atoms with Crippen molar-refractivity contribution in [2.45, 2.75) is 38.9 Å². The summed E-state index contributed by atoms with van der Waals surface area (Å²) in [5.74, 6) is 0. The summed E-state index contributed by atoms with van der Waals surface area (Å²) in [5, 5.41) is 9.31. The van der Waals surface area contributed by atoms with Crippen LogP contribution in [0.2, 0.25) is 0 Å². The Balaban J connectivity index is 2.37. The summed E-state index contributed by atoms with van der Waals surface area (Å²) < 4.78 is 5.01. The number of nitrogens with zero attached hydrogens (tertiary/aromatic N) is 1. The van der Waals surface area contributed by atoms with Crippen LogP contribution in [-0.4, -0.2) is 41.4 Å². The van der Waals surface area contributed by atoms with Gasteiger partial charge in [-0.2, -0.15) is 0 Å². The van der Waals surface area contributed by atoms with E-state index in [-0.39, 0.29) is 18.3 Å². The lowest BCUT2D eigenvalue weighted by Gasteiger charge is -2.29. The van der Waals surface area contributed by atoms with Gasteiger partial charge < -0.3 is 14.7 Å². The second-order valence-electron chi connectivity index (χ2n) is 3.67. The fraction of sp³-hybridized carbons (Fsp3) is 0.889. The van der Waals surface area contributed by atoms with Gasteiger partial charge in [-0.1, -0.05) is 0 Å². The molecule has 0 radical (unpaired) electrons. The molecule has 1 rings (SSSR count). The third-order valence-electron chi connectivity index (χ3n) is 1.99. The Morgan fingerprint density at radius 2 is 2.31 bits per heavy atom. The van der Waals surface area contributed by atoms with E-state index in [1.54, 1.807) is 4.90 Å². The van der Waals surface area contributed by atoms with Crippen LogP contribution in [0.5, 0.6) is 0 Å². The van der Waals surface area contributed by atoms with Crippen molar-refractivity contribution in [3.05, 3.63) is 0 Å². The molecule has 1 N–H and O–H groups in total. The van der Waals surface area contributed by atoms with Gasteiger partial charge in [-0.3, -0.25) is 0 Å². The Morgan fingerprint density at radius 3 is 2.85 bits per heavy atom. The molecule has 1 aliphatic heterocycles. The van der Waals surface area contributed by atoms with Crippen molar-refractivity contribution in [1.29, 1.82) is 0 Å². The fourth-order valence-corrected chi connectivity index (χ4v) is 1.40. The van der Waals surface area contributed by atoms with Crippen molar-refractivity contribution < 1.29 is 14.6 Å². The van der Waals surface area contributed by atoms with Crippen molar-refractivity contribution in [2.24, 2.45) is 0 Å². The minimum Gasteiger partial charge on any atom is -0.447 e. The maximum Gasteiger partial charge on any atom is 0.410 e. The third kappa shape index (κ3) is 3.22. The van der Waals surface area contributed by atoms with Crippen LogP contribution in [0.1, 0.15) is 26.7 Å². The van der Waals surface area contributed by atoms with Crippen molar-refractivity contribution >= 4 is 6.09 Å². The Labute approximate surface area is 78.5 Å². The van der Waals surface area contributed by atoms with E-state index >= 15 is 0 Å². The van der Waals surface area contributed by atoms with Crippen LogP contribution < -0.4 is 0 Å². The minimum atomic E-state index is -0.381. The molecule has 1 fully saturated rings. The molecular formula is C9H17NO3. The molecule has 1 saturated heterocycles. The molecule has 0 saturated carbocycles. The number of carbonyl (C=O) groups excluding carboxylic acids is 1. The normalized spacial score (nSPS) is 23.4. The Hall–Kier alpha value is -0.770. The van der Waals surface area contributed by atoms with Gasteiger partial charge in [0.2, 0.25) is 0 Å². The summed E-state index contributed by atoms with van der Waals surface area (Å²) in [6, 6.07) is 0. The van der Waals surface area contributed by atoms with E-state index in [4.69, 9.17) is 4.74 Å². The maximum atomic E-state index is 11.3. The fourth-order valence-electron chi connectivity index (χ4n) is 1.40. The summed E-state index contributed by atoms with van der Waals surface area (Å²) in [5.41, 5.74) is 0. The van der Waals surface area contributed by atoms with Crippen molar-refractivity contribution in [1.82, 2.24) is 4.90 Å². The monoisotopic (exact) mass is 187 g/mol. The molecule has 1 amide bonds. The van der Waals surface area contributed by atoms with Crippen LogP contribution in [0, 0.1) is 0 Å². The van der Waals surface area contributed by atoms with Crippen LogP contribution >= 0.6 is 0 Å². The standard InChI is InChI=1S/C9H17NO3/c1-7(2)13-9(12)10-5-3-4-8(11)6-10/h7-8,11H,3-6H2,1-2H3. The van der Waals surface area contributed by atoms with Gasteiger partial charge in [0.05, 0.1) is 12.2 Å². The number of hydrogen-bond acceptors (Lipinski definition) is 3. The highest BCUT2D eigenvalue weighted by atomic mass is 16.6. The zero-order valence-electron chi connectivity index (χ0n) is 8.19. The molecule has 4 nitrogen and oxygen atoms in total. The average Bonchev–Trinajstić information content (AvgIpc) is 2.03. The number of aliphatic hydroxyl groups excluding tert-OH is 1. The Kier molecular flexibility index (Phi) is 3.54. The van der Waals surface area contributed by atoms with Crippen LogP contribution in [0.4, 0.5) is 4.79 Å². The van der Waals surface area contributed by atoms with Gasteiger partial charge in [0, 0.05) is 13.1 Å². The van der Waals surface area contributed by atoms with Crippen molar-refractivity contribution in [2.75, 3.05) is 13.1 Å². The largest absolute Gasteiger partial charge is 0.447 e. The van der Waals surface area contributed by atoms with Gasteiger partial charge in [-0.15, -0.1) is 0 Å². The van der Waals surface area contributed by atoms with Gasteiger partial charge in [-0.05, 0) is 26.7 Å². The molecule has 4 heteroatoms. The SMILES string of the molecule is CC(C)OC(=O)N1CCCC(O)C1. The van der Waals surface area contributed by atoms with E-state index in [2.05, 4.69) is 0 Å². The van der Waals surface area contributed by atoms with Crippen LogP contribution in [0.25, 0.3) is 0 Å². The first kappa shape index (κ1) is 10.3. The van der Waals surface area contributed by atoms with Gasteiger partial charge >= 0.3 is 6.09 Å². The summed E-state index contributed by atoms with van der Waals surface area (Å²) in [6.45, 7) is 4.74. The van der Waals surface area contributed by atoms with Crippen LogP contribution in [0.3, 0.4) is 0 Å². The minimum absolute atomic E-state index is 0.0911. The zero-order valence-corrected chi connectivity index (χ0v) is 8.19. The summed E-state index contributed by atoms with van der Waals surface area (Å²) >= 11 is 0. The number of piperidine rings is 1. The smallest absolute Gasteiger partial charge is 0.410 e. The topological polar surface area (TPSA) is 49.8 Å². The second-order valence-corrected chi connectivity index (χ2v) is 3.67. The Morgan fingerprint density at radius 1 is 1.62 bits per heavy atom. The zero-order chi connectivity index (χ0) is 9.84. The molecule has 1 atom stereocenters. The molecule has 0 aromatic carbocycles. The van der Waals surface area contributed by atoms with Gasteiger partial charge in [0.15, 0.2) is 0 Å². The van der Waals surface area contributed by atoms with E-state index in [1.807, 2.05) is 13.8 Å². The summed E-state index contributed by atoms with van der Waals surface area (Å²) in [4.78, 5) is 12.9. The van der Waals surface area contributed by atoms with E-state index in [0.717, 1.165) is 12.8 Å². The Bertz CT molecular complexity index is 182. The van der Waals surface area contributed by atoms with Gasteiger partial charge in [0.1, 0.15) is 0 Å². The highest BCUT2D eigenvalue weighted by molar-refractivity contribution is 5.67. The molecule has 0 aromatic rings. The second kappa shape index (κ2) is 4.46. The number of ether oxygens (including phenoxy) is 1. The van der Waals surface area contributed by atoms with E-state index in [1.165, 1.54) is 0 Å². The number of β-amino-alcohol motifs (C(OH)–C–C–N with tert-alkyl or cyclic N) is 1. The predicted molar refractivity (Wildman–Crippen MR) is 48.4 cm³/mol. The predicted octanol–water partition coefficient (Wildman–Crippen LogP) is 0.988. The first-order valence-electron chi connectivity index (χ1n) is 4.73. The summed E-state index contributed by atoms with van der Waals surface area (Å²) in [7, 11) is 0. The number of aliphatic hydroxyl groups is 1. The highest BCUT2D eigenvalue weighted by Gasteiger charge is 2.23. The van der Waals surface area contributed by atoms with E-state index in [0.29, 0.717) is 13.1 Å². The summed E-state index contributed by atoms with van der Waals surface area (Å²) in [6.07, 6.45) is 0.855. The molecule has 0 aliphatic carbocycles. The lowest BCUT2D eigenvalue weighted by atomic mass is 10.1. The van der Waals surface area contributed by atoms with Crippen molar-refractivity contribution in [3.8, 4) is 0 Å². The maximum absolute atomic E-state index is 11.3. The lowest BCUT2D eigenvalue weighted by molar-refractivity contribution is 0.0365. The van der Waals surface area contributed by atoms with Crippen molar-refractivity contribution in [3.63, 3.8) is 0 Å². The molecular weight excluding hydrogens is 170 g/mol. The van der Waals surface area contributed by atoms with E-state index in [9.17, 15) is 9.90 Å². The number of rotatable bonds is 1. The first-order valence-corrected chi connectivity index (χ1v) is 4.73.